The SMILES string of the molecule is Cc1cnc(N(C)C(C)CO)c(C)c1. The Bertz CT molecular complexity index is 312. The normalized spacial score (nSPS) is 12.6. The van der Waals surface area contributed by atoms with Crippen molar-refractivity contribution in [3.63, 3.8) is 0 Å². The van der Waals surface area contributed by atoms with Gasteiger partial charge in [0.1, 0.15) is 5.82 Å². The van der Waals surface area contributed by atoms with E-state index in [1.165, 1.54) is 0 Å². The number of anilines is 1. The Balaban J connectivity index is 2.95. The summed E-state index contributed by atoms with van der Waals surface area (Å²) in [6, 6.07) is 2.20. The number of aryl methyl sites for hydroxylation is 2. The number of nitrogens with zero attached hydrogens (tertiary/aromatic N) is 2. The van der Waals surface area contributed by atoms with Crippen molar-refractivity contribution in [3.05, 3.63) is 23.4 Å². The van der Waals surface area contributed by atoms with Gasteiger partial charge in [-0.1, -0.05) is 6.07 Å². The zero-order chi connectivity index (χ0) is 10.7. The van der Waals surface area contributed by atoms with Crippen molar-refractivity contribution in [2.45, 2.75) is 26.8 Å². The van der Waals surface area contributed by atoms with Crippen molar-refractivity contribution in [1.82, 2.24) is 4.98 Å². The van der Waals surface area contributed by atoms with Crippen LogP contribution in [0.25, 0.3) is 0 Å². The topological polar surface area (TPSA) is 36.4 Å². The molecular formula is C11H18N2O. The lowest BCUT2D eigenvalue weighted by Crippen LogP contribution is -2.33. The Hall–Kier alpha value is -1.09. The average Bonchev–Trinajstić information content (AvgIpc) is 2.15. The van der Waals surface area contributed by atoms with Gasteiger partial charge in [-0.25, -0.2) is 4.98 Å². The third kappa shape index (κ3) is 2.23. The Morgan fingerprint density at radius 3 is 2.64 bits per heavy atom. The monoisotopic (exact) mass is 194 g/mol. The molecule has 0 radical (unpaired) electrons. The average molecular weight is 194 g/mol. The fraction of sp³-hybridized carbons (Fsp3) is 0.545. The summed E-state index contributed by atoms with van der Waals surface area (Å²) in [6.45, 7) is 6.18. The van der Waals surface area contributed by atoms with Gasteiger partial charge < -0.3 is 10.0 Å². The highest BCUT2D eigenvalue weighted by molar-refractivity contribution is 5.47. The van der Waals surface area contributed by atoms with E-state index in [0.717, 1.165) is 16.9 Å². The molecule has 1 heterocycles. The summed E-state index contributed by atoms with van der Waals surface area (Å²) in [5.41, 5.74) is 2.31. The Morgan fingerprint density at radius 1 is 1.50 bits per heavy atom. The van der Waals surface area contributed by atoms with Gasteiger partial charge in [0.25, 0.3) is 0 Å². The molecule has 0 aliphatic carbocycles. The van der Waals surface area contributed by atoms with Crippen molar-refractivity contribution >= 4 is 5.82 Å². The first-order valence-corrected chi connectivity index (χ1v) is 4.83. The zero-order valence-corrected chi connectivity index (χ0v) is 9.28. The molecule has 0 aromatic carbocycles. The van der Waals surface area contributed by atoms with Gasteiger partial charge in [0, 0.05) is 13.2 Å². The number of hydrogen-bond acceptors (Lipinski definition) is 3. The van der Waals surface area contributed by atoms with E-state index in [1.807, 2.05) is 38.9 Å². The highest BCUT2D eigenvalue weighted by atomic mass is 16.3. The predicted molar refractivity (Wildman–Crippen MR) is 58.7 cm³/mol. The number of rotatable bonds is 3. The maximum atomic E-state index is 9.04. The van der Waals surface area contributed by atoms with Gasteiger partial charge >= 0.3 is 0 Å². The number of aromatic nitrogens is 1. The number of aliphatic hydroxyl groups is 1. The van der Waals surface area contributed by atoms with Gasteiger partial charge in [-0.05, 0) is 31.9 Å². The second kappa shape index (κ2) is 4.42. The van der Waals surface area contributed by atoms with Gasteiger partial charge in [0.05, 0.1) is 12.6 Å². The van der Waals surface area contributed by atoms with E-state index in [2.05, 4.69) is 11.1 Å². The standard InChI is InChI=1S/C11H18N2O/c1-8-5-9(2)11(12-6-8)13(4)10(3)7-14/h5-6,10,14H,7H2,1-4H3. The predicted octanol–water partition coefficient (Wildman–Crippen LogP) is 1.52. The van der Waals surface area contributed by atoms with Crippen LogP contribution < -0.4 is 4.90 Å². The van der Waals surface area contributed by atoms with E-state index in [0.29, 0.717) is 0 Å². The molecule has 0 fully saturated rings. The molecule has 0 bridgehead atoms. The minimum absolute atomic E-state index is 0.101. The fourth-order valence-corrected chi connectivity index (χ4v) is 1.41. The first kappa shape index (κ1) is 11.0. The molecule has 0 saturated heterocycles. The molecule has 0 amide bonds. The summed E-state index contributed by atoms with van der Waals surface area (Å²) >= 11 is 0. The van der Waals surface area contributed by atoms with E-state index in [9.17, 15) is 0 Å². The van der Waals surface area contributed by atoms with Crippen LogP contribution in [0, 0.1) is 13.8 Å². The highest BCUT2D eigenvalue weighted by Crippen LogP contribution is 2.17. The maximum absolute atomic E-state index is 9.04. The minimum Gasteiger partial charge on any atom is -0.394 e. The van der Waals surface area contributed by atoms with Crippen LogP contribution >= 0.6 is 0 Å². The summed E-state index contributed by atoms with van der Waals surface area (Å²) in [5, 5.41) is 9.04. The van der Waals surface area contributed by atoms with Crippen molar-refractivity contribution < 1.29 is 5.11 Å². The van der Waals surface area contributed by atoms with Gasteiger partial charge in [-0.3, -0.25) is 0 Å². The van der Waals surface area contributed by atoms with E-state index in [-0.39, 0.29) is 12.6 Å². The number of likely N-dealkylation sites (N-methyl/N-ethyl adjacent to an activating group) is 1. The Labute approximate surface area is 85.4 Å². The molecule has 1 atom stereocenters. The van der Waals surface area contributed by atoms with Gasteiger partial charge in [0.2, 0.25) is 0 Å². The van der Waals surface area contributed by atoms with Crippen LogP contribution in [0.4, 0.5) is 5.82 Å². The molecule has 3 nitrogen and oxygen atoms in total. The summed E-state index contributed by atoms with van der Waals surface area (Å²) in [5.74, 6) is 0.942. The van der Waals surface area contributed by atoms with Crippen LogP contribution in [0.1, 0.15) is 18.1 Å². The fourth-order valence-electron chi connectivity index (χ4n) is 1.41. The number of pyridine rings is 1. The first-order valence-electron chi connectivity index (χ1n) is 4.83. The van der Waals surface area contributed by atoms with Crippen molar-refractivity contribution in [2.24, 2.45) is 0 Å². The lowest BCUT2D eigenvalue weighted by Gasteiger charge is -2.25. The summed E-state index contributed by atoms with van der Waals surface area (Å²) < 4.78 is 0. The quantitative estimate of drug-likeness (QED) is 0.792. The lowest BCUT2D eigenvalue weighted by molar-refractivity contribution is 0.269. The zero-order valence-electron chi connectivity index (χ0n) is 9.28. The molecule has 0 aliphatic heterocycles. The first-order chi connectivity index (χ1) is 6.56. The van der Waals surface area contributed by atoms with Crippen LogP contribution in [0.5, 0.6) is 0 Å². The van der Waals surface area contributed by atoms with E-state index in [1.54, 1.807) is 0 Å². The van der Waals surface area contributed by atoms with E-state index < -0.39 is 0 Å². The van der Waals surface area contributed by atoms with Crippen LogP contribution in [0.15, 0.2) is 12.3 Å². The second-order valence-electron chi connectivity index (χ2n) is 3.80. The third-order valence-corrected chi connectivity index (χ3v) is 2.45. The summed E-state index contributed by atoms with van der Waals surface area (Å²) in [6.07, 6.45) is 1.85. The van der Waals surface area contributed by atoms with E-state index in [4.69, 9.17) is 5.11 Å². The largest absolute Gasteiger partial charge is 0.394 e. The van der Waals surface area contributed by atoms with Gasteiger partial charge in [0.15, 0.2) is 0 Å². The Morgan fingerprint density at radius 2 is 2.14 bits per heavy atom. The molecular weight excluding hydrogens is 176 g/mol. The maximum Gasteiger partial charge on any atom is 0.131 e. The number of hydrogen-bond donors (Lipinski definition) is 1. The summed E-state index contributed by atoms with van der Waals surface area (Å²) in [4.78, 5) is 6.36. The molecule has 1 aromatic rings. The van der Waals surface area contributed by atoms with Crippen molar-refractivity contribution in [2.75, 3.05) is 18.6 Å². The molecule has 0 saturated carbocycles. The second-order valence-corrected chi connectivity index (χ2v) is 3.80. The molecule has 14 heavy (non-hydrogen) atoms. The molecule has 78 valence electrons. The van der Waals surface area contributed by atoms with Crippen LogP contribution in [0.2, 0.25) is 0 Å². The van der Waals surface area contributed by atoms with Crippen molar-refractivity contribution in [3.8, 4) is 0 Å². The molecule has 1 rings (SSSR count). The molecule has 0 spiro atoms. The molecule has 1 N–H and O–H groups in total. The van der Waals surface area contributed by atoms with Crippen LogP contribution in [0.3, 0.4) is 0 Å². The van der Waals surface area contributed by atoms with Gasteiger partial charge in [-0.15, -0.1) is 0 Å². The smallest absolute Gasteiger partial charge is 0.131 e. The molecule has 1 unspecified atom stereocenters. The number of aliphatic hydroxyl groups excluding tert-OH is 1. The van der Waals surface area contributed by atoms with Crippen molar-refractivity contribution in [1.29, 1.82) is 0 Å². The third-order valence-electron chi connectivity index (χ3n) is 2.45. The highest BCUT2D eigenvalue weighted by Gasteiger charge is 2.11. The minimum atomic E-state index is 0.101. The van der Waals surface area contributed by atoms with Crippen LogP contribution in [-0.2, 0) is 0 Å². The molecule has 0 aliphatic rings. The van der Waals surface area contributed by atoms with Crippen LogP contribution in [-0.4, -0.2) is 29.8 Å². The summed E-state index contributed by atoms with van der Waals surface area (Å²) in [7, 11) is 1.95. The molecule has 1 aromatic heterocycles. The van der Waals surface area contributed by atoms with Gasteiger partial charge in [-0.2, -0.15) is 0 Å². The molecule has 3 heteroatoms. The van der Waals surface area contributed by atoms with E-state index >= 15 is 0 Å². The lowest BCUT2D eigenvalue weighted by atomic mass is 10.2. The Kier molecular flexibility index (Phi) is 3.47.